The van der Waals surface area contributed by atoms with Crippen LogP contribution in [0.5, 0.6) is 0 Å². The summed E-state index contributed by atoms with van der Waals surface area (Å²) in [5.41, 5.74) is 11.3. The van der Waals surface area contributed by atoms with Gasteiger partial charge in [0.15, 0.2) is 6.10 Å². The topological polar surface area (TPSA) is 169 Å². The molecule has 1 saturated heterocycles. The molecule has 10 heteroatoms. The Kier molecular flexibility index (Phi) is 4.49. The molecule has 8 N–H and O–H groups in total. The Hall–Kier alpha value is -1.72. The fourth-order valence-corrected chi connectivity index (χ4v) is 3.34. The second kappa shape index (κ2) is 6.30. The number of aliphatic hydroxyl groups excluding tert-OH is 2. The molecule has 1 aliphatic carbocycles. The maximum atomic E-state index is 12.5. The molecule has 1 aromatic rings. The highest BCUT2D eigenvalue weighted by Crippen LogP contribution is 2.36. The molecule has 0 unspecified atom stereocenters. The van der Waals surface area contributed by atoms with E-state index < -0.39 is 30.1 Å². The monoisotopic (exact) mass is 341 g/mol. The summed E-state index contributed by atoms with van der Waals surface area (Å²) < 4.78 is 6.19. The first-order valence-electron chi connectivity index (χ1n) is 7.99. The Balaban J connectivity index is 1.91. The smallest absolute Gasteiger partial charge is 0.287 e. The first-order valence-corrected chi connectivity index (χ1v) is 7.99. The lowest BCUT2D eigenvalue weighted by Gasteiger charge is -2.29. The van der Waals surface area contributed by atoms with Crippen LogP contribution < -0.4 is 16.8 Å². The van der Waals surface area contributed by atoms with E-state index in [1.165, 1.54) is 6.20 Å². The van der Waals surface area contributed by atoms with Crippen LogP contribution in [0.1, 0.15) is 36.3 Å². The van der Waals surface area contributed by atoms with Gasteiger partial charge in [-0.3, -0.25) is 9.36 Å². The number of amides is 1. The number of nitrogens with two attached hydrogens (primary N) is 2. The lowest BCUT2D eigenvalue weighted by atomic mass is 10.1. The van der Waals surface area contributed by atoms with Gasteiger partial charge in [-0.25, -0.2) is 4.98 Å². The van der Waals surface area contributed by atoms with Gasteiger partial charge in [-0.1, -0.05) is 12.8 Å². The van der Waals surface area contributed by atoms with E-state index in [0.29, 0.717) is 0 Å². The van der Waals surface area contributed by atoms with Crippen LogP contribution in [0.25, 0.3) is 0 Å². The largest absolute Gasteiger partial charge is 0.387 e. The van der Waals surface area contributed by atoms with Gasteiger partial charge in [0.1, 0.15) is 18.0 Å². The first kappa shape index (κ1) is 17.1. The summed E-state index contributed by atoms with van der Waals surface area (Å²) in [6, 6.07) is 0.0373. The quantitative estimate of drug-likeness (QED) is 0.359. The van der Waals surface area contributed by atoms with Crippen molar-refractivity contribution in [2.45, 2.75) is 55.9 Å². The Morgan fingerprint density at radius 2 is 2.12 bits per heavy atom. The Morgan fingerprint density at radius 1 is 1.46 bits per heavy atom. The lowest BCUT2D eigenvalue weighted by Crippen LogP contribution is -2.48. The second-order valence-corrected chi connectivity index (χ2v) is 6.28. The number of aliphatic hydroxyl groups is 3. The van der Waals surface area contributed by atoms with Crippen molar-refractivity contribution < 1.29 is 24.9 Å². The Morgan fingerprint density at radius 3 is 2.71 bits per heavy atom. The van der Waals surface area contributed by atoms with Gasteiger partial charge >= 0.3 is 0 Å². The molecule has 1 amide bonds. The van der Waals surface area contributed by atoms with Crippen molar-refractivity contribution in [2.24, 2.45) is 5.73 Å². The van der Waals surface area contributed by atoms with Crippen molar-refractivity contribution in [1.82, 2.24) is 14.9 Å². The fraction of sp³-hybridized carbons (Fsp3) is 0.714. The maximum Gasteiger partial charge on any atom is 0.287 e. The summed E-state index contributed by atoms with van der Waals surface area (Å²) in [5.74, 6) is -3.25. The van der Waals surface area contributed by atoms with Crippen molar-refractivity contribution in [3.05, 3.63) is 12.0 Å². The van der Waals surface area contributed by atoms with E-state index in [2.05, 4.69) is 10.3 Å². The van der Waals surface area contributed by atoms with Gasteiger partial charge in [0.05, 0.1) is 6.20 Å². The zero-order valence-corrected chi connectivity index (χ0v) is 13.1. The number of carbonyl (C=O) groups is 1. The van der Waals surface area contributed by atoms with Gasteiger partial charge in [-0.2, -0.15) is 0 Å². The van der Waals surface area contributed by atoms with E-state index in [1.54, 1.807) is 0 Å². The SMILES string of the molecule is NC[C@H]1O[C@@](O)(n2c(N)cnc2C(=O)NC2CCCC2)[C@H](O)[C@@H]1O. The number of nitrogen functional groups attached to an aromatic ring is 1. The number of hydrogen-bond acceptors (Lipinski definition) is 8. The Labute approximate surface area is 138 Å². The van der Waals surface area contributed by atoms with Crippen LogP contribution in [-0.2, 0) is 10.6 Å². The minimum atomic E-state index is -2.42. The summed E-state index contributed by atoms with van der Waals surface area (Å²) in [4.78, 5) is 16.4. The van der Waals surface area contributed by atoms with Crippen molar-refractivity contribution in [3.63, 3.8) is 0 Å². The van der Waals surface area contributed by atoms with Crippen LogP contribution in [0.15, 0.2) is 6.20 Å². The predicted octanol–water partition coefficient (Wildman–Crippen LogP) is -2.18. The number of nitrogens with zero attached hydrogens (tertiary/aromatic N) is 2. The third-order valence-corrected chi connectivity index (χ3v) is 4.65. The molecule has 24 heavy (non-hydrogen) atoms. The first-order chi connectivity index (χ1) is 11.4. The number of imidazole rings is 1. The summed E-state index contributed by atoms with van der Waals surface area (Å²) >= 11 is 0. The minimum absolute atomic E-state index is 0.0373. The van der Waals surface area contributed by atoms with E-state index in [1.807, 2.05) is 0 Å². The van der Waals surface area contributed by atoms with Gasteiger partial charge in [-0.05, 0) is 12.8 Å². The minimum Gasteiger partial charge on any atom is -0.387 e. The molecule has 10 nitrogen and oxygen atoms in total. The van der Waals surface area contributed by atoms with E-state index in [-0.39, 0.29) is 24.2 Å². The normalized spacial score (nSPS) is 33.9. The molecule has 0 bridgehead atoms. The number of nitrogens with one attached hydrogen (secondary N) is 1. The molecular formula is C14H23N5O5. The summed E-state index contributed by atoms with van der Waals surface area (Å²) in [6.45, 7) is -0.126. The summed E-state index contributed by atoms with van der Waals surface area (Å²) in [6.07, 6.45) is 0.846. The highest BCUT2D eigenvalue weighted by Gasteiger charge is 2.56. The van der Waals surface area contributed by atoms with E-state index in [0.717, 1.165) is 30.3 Å². The molecule has 2 heterocycles. The number of aromatic nitrogens is 2. The van der Waals surface area contributed by atoms with Crippen molar-refractivity contribution in [2.75, 3.05) is 12.3 Å². The molecule has 0 radical (unpaired) electrons. The average Bonchev–Trinajstić information content (AvgIpc) is 3.24. The highest BCUT2D eigenvalue weighted by molar-refractivity contribution is 5.91. The van der Waals surface area contributed by atoms with Crippen LogP contribution in [0.2, 0.25) is 0 Å². The van der Waals surface area contributed by atoms with Crippen molar-refractivity contribution in [3.8, 4) is 0 Å². The number of hydrogen-bond donors (Lipinski definition) is 6. The van der Waals surface area contributed by atoms with E-state index in [4.69, 9.17) is 16.2 Å². The third kappa shape index (κ3) is 2.66. The van der Waals surface area contributed by atoms with Crippen LogP contribution in [-0.4, -0.2) is 61.7 Å². The molecule has 4 atom stereocenters. The van der Waals surface area contributed by atoms with Crippen LogP contribution in [0.3, 0.4) is 0 Å². The molecule has 1 saturated carbocycles. The average molecular weight is 341 g/mol. The highest BCUT2D eigenvalue weighted by atomic mass is 16.7. The molecule has 2 aliphatic rings. The molecule has 1 aromatic heterocycles. The number of rotatable bonds is 4. The number of anilines is 1. The second-order valence-electron chi connectivity index (χ2n) is 6.28. The molecule has 1 aliphatic heterocycles. The lowest BCUT2D eigenvalue weighted by molar-refractivity contribution is -0.285. The van der Waals surface area contributed by atoms with Gasteiger partial charge < -0.3 is 36.8 Å². The fourth-order valence-electron chi connectivity index (χ4n) is 3.34. The summed E-state index contributed by atoms with van der Waals surface area (Å²) in [7, 11) is 0. The van der Waals surface area contributed by atoms with Gasteiger partial charge in [0.2, 0.25) is 5.82 Å². The summed E-state index contributed by atoms with van der Waals surface area (Å²) in [5, 5.41) is 33.7. The van der Waals surface area contributed by atoms with Crippen LogP contribution in [0, 0.1) is 0 Å². The van der Waals surface area contributed by atoms with Crippen LogP contribution >= 0.6 is 0 Å². The predicted molar refractivity (Wildman–Crippen MR) is 82.5 cm³/mol. The van der Waals surface area contributed by atoms with Crippen LogP contribution in [0.4, 0.5) is 5.82 Å². The van der Waals surface area contributed by atoms with Crippen molar-refractivity contribution >= 4 is 11.7 Å². The molecule has 134 valence electrons. The maximum absolute atomic E-state index is 12.5. The number of carbonyl (C=O) groups excluding carboxylic acids is 1. The Bertz CT molecular complexity index is 617. The van der Waals surface area contributed by atoms with Gasteiger partial charge in [0, 0.05) is 12.6 Å². The molecule has 3 rings (SSSR count). The van der Waals surface area contributed by atoms with E-state index in [9.17, 15) is 20.1 Å². The van der Waals surface area contributed by atoms with Gasteiger partial charge in [0.25, 0.3) is 11.8 Å². The van der Waals surface area contributed by atoms with Crippen molar-refractivity contribution in [1.29, 1.82) is 0 Å². The van der Waals surface area contributed by atoms with E-state index >= 15 is 0 Å². The molecule has 0 aromatic carbocycles. The zero-order valence-electron chi connectivity index (χ0n) is 13.1. The molecule has 0 spiro atoms. The van der Waals surface area contributed by atoms with Gasteiger partial charge in [-0.15, -0.1) is 0 Å². The molecular weight excluding hydrogens is 318 g/mol. The standard InChI is InChI=1S/C14H23N5O5/c15-5-8-10(20)11(21)14(23,24-8)19-9(16)6-17-12(19)13(22)18-7-3-1-2-4-7/h6-8,10-11,20-21,23H,1-5,15-16H2,(H,18,22)/t8-,10-,11-,14-/m1/s1. The third-order valence-electron chi connectivity index (χ3n) is 4.65. The molecule has 2 fully saturated rings. The number of ether oxygens (including phenoxy) is 1. The zero-order chi connectivity index (χ0) is 17.5.